The summed E-state index contributed by atoms with van der Waals surface area (Å²) in [5, 5.41) is 3.35. The highest BCUT2D eigenvalue weighted by molar-refractivity contribution is 7.92. The number of nitrogens with zero attached hydrogens (tertiary/aromatic N) is 1. The van der Waals surface area contributed by atoms with Crippen LogP contribution in [0.3, 0.4) is 0 Å². The lowest BCUT2D eigenvalue weighted by molar-refractivity contribution is 0.102. The van der Waals surface area contributed by atoms with Crippen molar-refractivity contribution in [2.45, 2.75) is 20.4 Å². The number of hydrogen-bond donors (Lipinski definition) is 1. The Morgan fingerprint density at radius 3 is 2.10 bits per heavy atom. The number of nitrogens with one attached hydrogen (secondary N) is 1. The van der Waals surface area contributed by atoms with Crippen LogP contribution in [0.1, 0.15) is 27.0 Å². The van der Waals surface area contributed by atoms with Gasteiger partial charge >= 0.3 is 0 Å². The van der Waals surface area contributed by atoms with Gasteiger partial charge in [-0.2, -0.15) is 0 Å². The minimum absolute atomic E-state index is 0.159. The van der Waals surface area contributed by atoms with E-state index in [1.165, 1.54) is 10.6 Å². The van der Waals surface area contributed by atoms with E-state index in [2.05, 4.69) is 5.32 Å². The normalized spacial score (nSPS) is 11.3. The van der Waals surface area contributed by atoms with Gasteiger partial charge in [-0.1, -0.05) is 59.6 Å². The number of benzene rings is 3. The van der Waals surface area contributed by atoms with Crippen molar-refractivity contribution in [3.63, 3.8) is 0 Å². The first-order valence-electron chi connectivity index (χ1n) is 9.46. The lowest BCUT2D eigenvalue weighted by Crippen LogP contribution is -2.30. The van der Waals surface area contributed by atoms with Gasteiger partial charge in [0.2, 0.25) is 10.0 Å². The summed E-state index contributed by atoms with van der Waals surface area (Å²) >= 11 is 12.1. The minimum atomic E-state index is -3.51. The summed E-state index contributed by atoms with van der Waals surface area (Å²) in [6, 6.07) is 17.4. The Morgan fingerprint density at radius 1 is 0.935 bits per heavy atom. The van der Waals surface area contributed by atoms with Crippen molar-refractivity contribution in [2.24, 2.45) is 0 Å². The van der Waals surface area contributed by atoms with Crippen molar-refractivity contribution in [1.29, 1.82) is 0 Å². The molecule has 3 aromatic rings. The molecule has 162 valence electrons. The Labute approximate surface area is 192 Å². The molecule has 8 heteroatoms. The van der Waals surface area contributed by atoms with Gasteiger partial charge in [-0.3, -0.25) is 9.10 Å². The number of aryl methyl sites for hydroxylation is 2. The zero-order valence-electron chi connectivity index (χ0n) is 17.3. The number of carbonyl (C=O) groups excluding carboxylic acids is 1. The first-order valence-corrected chi connectivity index (χ1v) is 12.1. The number of amides is 1. The van der Waals surface area contributed by atoms with Crippen LogP contribution in [0, 0.1) is 13.8 Å². The van der Waals surface area contributed by atoms with E-state index in [0.29, 0.717) is 22.0 Å². The maximum absolute atomic E-state index is 12.6. The van der Waals surface area contributed by atoms with E-state index in [1.807, 2.05) is 32.0 Å². The van der Waals surface area contributed by atoms with Crippen LogP contribution in [0.4, 0.5) is 11.4 Å². The third-order valence-electron chi connectivity index (χ3n) is 4.83. The molecule has 0 radical (unpaired) electrons. The quantitative estimate of drug-likeness (QED) is 0.486. The lowest BCUT2D eigenvalue weighted by atomic mass is 10.1. The van der Waals surface area contributed by atoms with Gasteiger partial charge in [0.15, 0.2) is 0 Å². The van der Waals surface area contributed by atoms with Gasteiger partial charge in [0.05, 0.1) is 34.2 Å². The zero-order valence-corrected chi connectivity index (χ0v) is 19.6. The molecule has 0 aliphatic rings. The monoisotopic (exact) mass is 476 g/mol. The Bertz CT molecular complexity index is 1210. The Morgan fingerprint density at radius 2 is 1.52 bits per heavy atom. The van der Waals surface area contributed by atoms with Crippen molar-refractivity contribution in [3.05, 3.63) is 93.0 Å². The highest BCUT2D eigenvalue weighted by Gasteiger charge is 2.21. The predicted octanol–water partition coefficient (Wildman–Crippen LogP) is 5.83. The first kappa shape index (κ1) is 23.1. The molecule has 0 aromatic heterocycles. The van der Waals surface area contributed by atoms with Crippen LogP contribution in [0.2, 0.25) is 10.0 Å². The molecule has 0 fully saturated rings. The van der Waals surface area contributed by atoms with Gasteiger partial charge in [-0.15, -0.1) is 0 Å². The Balaban J connectivity index is 1.83. The van der Waals surface area contributed by atoms with Crippen molar-refractivity contribution in [3.8, 4) is 0 Å². The van der Waals surface area contributed by atoms with Crippen molar-refractivity contribution in [1.82, 2.24) is 0 Å². The summed E-state index contributed by atoms with van der Waals surface area (Å²) in [4.78, 5) is 12.6. The number of rotatable bonds is 6. The second-order valence-electron chi connectivity index (χ2n) is 7.26. The molecule has 1 N–H and O–H groups in total. The van der Waals surface area contributed by atoms with Crippen LogP contribution in [0.25, 0.3) is 0 Å². The van der Waals surface area contributed by atoms with Crippen LogP contribution in [0.15, 0.2) is 60.7 Å². The van der Waals surface area contributed by atoms with Crippen LogP contribution in [0.5, 0.6) is 0 Å². The van der Waals surface area contributed by atoms with Gasteiger partial charge in [0.25, 0.3) is 5.91 Å². The molecule has 0 heterocycles. The molecule has 3 rings (SSSR count). The maximum atomic E-state index is 12.6. The van der Waals surface area contributed by atoms with Crippen molar-refractivity contribution in [2.75, 3.05) is 15.9 Å². The third-order valence-corrected chi connectivity index (χ3v) is 6.76. The molecule has 31 heavy (non-hydrogen) atoms. The van der Waals surface area contributed by atoms with Gasteiger partial charge in [0, 0.05) is 5.56 Å². The molecular weight excluding hydrogens is 455 g/mol. The van der Waals surface area contributed by atoms with E-state index in [-0.39, 0.29) is 17.5 Å². The minimum Gasteiger partial charge on any atom is -0.321 e. The van der Waals surface area contributed by atoms with Gasteiger partial charge in [-0.25, -0.2) is 8.42 Å². The van der Waals surface area contributed by atoms with Gasteiger partial charge < -0.3 is 5.32 Å². The van der Waals surface area contributed by atoms with E-state index >= 15 is 0 Å². The topological polar surface area (TPSA) is 66.5 Å². The largest absolute Gasteiger partial charge is 0.321 e. The molecular formula is C23H22Cl2N2O3S. The number of carbonyl (C=O) groups is 1. The SMILES string of the molecule is Cc1cccc(C)c1N(Cc1ccc(C(=O)Nc2cccc(Cl)c2Cl)cc1)S(C)(=O)=O. The zero-order chi connectivity index (χ0) is 22.8. The maximum Gasteiger partial charge on any atom is 0.255 e. The third kappa shape index (κ3) is 5.39. The van der Waals surface area contributed by atoms with Gasteiger partial charge in [-0.05, 0) is 54.8 Å². The van der Waals surface area contributed by atoms with E-state index in [1.54, 1.807) is 42.5 Å². The second kappa shape index (κ2) is 9.30. The molecule has 0 saturated heterocycles. The van der Waals surface area contributed by atoms with Crippen LogP contribution in [-0.4, -0.2) is 20.6 Å². The fourth-order valence-electron chi connectivity index (χ4n) is 3.28. The first-order chi connectivity index (χ1) is 14.6. The molecule has 0 bridgehead atoms. The summed E-state index contributed by atoms with van der Waals surface area (Å²) < 4.78 is 26.4. The molecule has 1 amide bonds. The van der Waals surface area contributed by atoms with Gasteiger partial charge in [0.1, 0.15) is 0 Å². The average molecular weight is 477 g/mol. The molecule has 0 aliphatic heterocycles. The van der Waals surface area contributed by atoms with E-state index < -0.39 is 10.0 Å². The molecule has 3 aromatic carbocycles. The smallest absolute Gasteiger partial charge is 0.255 e. The standard InChI is InChI=1S/C23H22Cl2N2O3S/c1-15-6-4-7-16(2)22(15)27(31(3,29)30)14-17-10-12-18(13-11-17)23(28)26-20-9-5-8-19(24)21(20)25/h4-13H,14H2,1-3H3,(H,26,28). The second-order valence-corrected chi connectivity index (χ2v) is 9.95. The molecule has 5 nitrogen and oxygen atoms in total. The fourth-order valence-corrected chi connectivity index (χ4v) is 4.63. The number of hydrogen-bond acceptors (Lipinski definition) is 3. The van der Waals surface area contributed by atoms with Crippen LogP contribution < -0.4 is 9.62 Å². The molecule has 0 aliphatic carbocycles. The fraction of sp³-hybridized carbons (Fsp3) is 0.174. The summed E-state index contributed by atoms with van der Waals surface area (Å²) in [5.74, 6) is -0.342. The van der Waals surface area contributed by atoms with Crippen molar-refractivity contribution < 1.29 is 13.2 Å². The molecule has 0 spiro atoms. The predicted molar refractivity (Wildman–Crippen MR) is 128 cm³/mol. The van der Waals surface area contributed by atoms with E-state index in [9.17, 15) is 13.2 Å². The van der Waals surface area contributed by atoms with E-state index in [0.717, 1.165) is 16.7 Å². The lowest BCUT2D eigenvalue weighted by Gasteiger charge is -2.26. The number of halogens is 2. The summed E-state index contributed by atoms with van der Waals surface area (Å²) in [7, 11) is -3.51. The van der Waals surface area contributed by atoms with E-state index in [4.69, 9.17) is 23.2 Å². The molecule has 0 saturated carbocycles. The van der Waals surface area contributed by atoms with Crippen LogP contribution in [-0.2, 0) is 16.6 Å². The van der Waals surface area contributed by atoms with Crippen molar-refractivity contribution >= 4 is 50.5 Å². The molecule has 0 unspecified atom stereocenters. The average Bonchev–Trinajstić information content (AvgIpc) is 2.70. The number of anilines is 2. The molecule has 0 atom stereocenters. The van der Waals surface area contributed by atoms with Crippen LogP contribution >= 0.6 is 23.2 Å². The highest BCUT2D eigenvalue weighted by Crippen LogP contribution is 2.30. The Kier molecular flexibility index (Phi) is 6.94. The number of sulfonamides is 1. The number of para-hydroxylation sites is 1. The summed E-state index contributed by atoms with van der Waals surface area (Å²) in [5.41, 5.74) is 4.01. The Hall–Kier alpha value is -2.54. The summed E-state index contributed by atoms with van der Waals surface area (Å²) in [6.45, 7) is 3.93. The summed E-state index contributed by atoms with van der Waals surface area (Å²) in [6.07, 6.45) is 1.19. The highest BCUT2D eigenvalue weighted by atomic mass is 35.5.